The van der Waals surface area contributed by atoms with E-state index in [2.05, 4.69) is 21.4 Å². The number of aromatic hydroxyl groups is 1. The van der Waals surface area contributed by atoms with Gasteiger partial charge < -0.3 is 9.84 Å². The molecular formula is C18H15BrCl2N2O4. The Morgan fingerprint density at radius 2 is 2.00 bits per heavy atom. The number of hydrogen-bond acceptors (Lipinski definition) is 4. The van der Waals surface area contributed by atoms with Crippen LogP contribution in [0.5, 0.6) is 11.5 Å². The molecule has 2 atom stereocenters. The molecule has 1 heterocycles. The summed E-state index contributed by atoms with van der Waals surface area (Å²) in [5.41, 5.74) is 3.96. The van der Waals surface area contributed by atoms with Crippen LogP contribution in [0.3, 0.4) is 0 Å². The molecule has 2 amide bonds. The van der Waals surface area contributed by atoms with Crippen molar-refractivity contribution in [2.24, 2.45) is 0 Å². The summed E-state index contributed by atoms with van der Waals surface area (Å²) in [4.78, 5) is 24.5. The van der Waals surface area contributed by atoms with Crippen LogP contribution >= 0.6 is 39.1 Å². The number of rotatable bonds is 5. The minimum Gasteiger partial charge on any atom is -0.503 e. The van der Waals surface area contributed by atoms with E-state index in [0.717, 1.165) is 5.56 Å². The van der Waals surface area contributed by atoms with Crippen molar-refractivity contribution in [3.05, 3.63) is 57.0 Å². The average Bonchev–Trinajstić information content (AvgIpc) is 2.65. The fourth-order valence-electron chi connectivity index (χ4n) is 2.78. The quantitative estimate of drug-likeness (QED) is 0.513. The number of ether oxygens (including phenoxy) is 1. The summed E-state index contributed by atoms with van der Waals surface area (Å²) >= 11 is 15.2. The fraction of sp³-hybridized carbons (Fsp3) is 0.222. The molecule has 9 heteroatoms. The molecule has 6 nitrogen and oxygen atoms in total. The lowest BCUT2D eigenvalue weighted by atomic mass is 9.95. The summed E-state index contributed by atoms with van der Waals surface area (Å²) < 4.78 is 5.52. The van der Waals surface area contributed by atoms with Gasteiger partial charge in [-0.2, -0.15) is 0 Å². The number of phenols is 1. The lowest BCUT2D eigenvalue weighted by Gasteiger charge is -2.44. The minimum atomic E-state index is -0.831. The van der Waals surface area contributed by atoms with E-state index in [9.17, 15) is 14.7 Å². The number of halogens is 3. The minimum absolute atomic E-state index is 0.0589. The number of alkyl halides is 1. The Bertz CT molecular complexity index is 892. The predicted molar refractivity (Wildman–Crippen MR) is 105 cm³/mol. The summed E-state index contributed by atoms with van der Waals surface area (Å²) in [5.74, 6) is -0.593. The highest BCUT2D eigenvalue weighted by atomic mass is 79.9. The second-order valence-electron chi connectivity index (χ2n) is 5.95. The lowest BCUT2D eigenvalue weighted by Crippen LogP contribution is -2.63. The second-order valence-corrected chi connectivity index (χ2v) is 7.71. The van der Waals surface area contributed by atoms with Crippen LogP contribution in [-0.2, 0) is 16.0 Å². The van der Waals surface area contributed by atoms with E-state index in [-0.39, 0.29) is 23.8 Å². The van der Waals surface area contributed by atoms with Crippen molar-refractivity contribution in [3.8, 4) is 11.5 Å². The maximum Gasteiger partial charge on any atom is 0.262 e. The van der Waals surface area contributed by atoms with Gasteiger partial charge in [-0.1, -0.05) is 23.7 Å². The van der Waals surface area contributed by atoms with E-state index in [1.807, 2.05) is 0 Å². The molecule has 2 aromatic rings. The van der Waals surface area contributed by atoms with Gasteiger partial charge in [-0.3, -0.25) is 15.0 Å². The third kappa shape index (κ3) is 4.00. The van der Waals surface area contributed by atoms with E-state index >= 15 is 0 Å². The van der Waals surface area contributed by atoms with Crippen LogP contribution in [0.25, 0.3) is 0 Å². The smallest absolute Gasteiger partial charge is 0.262 e. The fourth-order valence-corrected chi connectivity index (χ4v) is 3.73. The third-order valence-corrected chi connectivity index (χ3v) is 5.45. The number of hydrogen-bond donors (Lipinski definition) is 2. The highest BCUT2D eigenvalue weighted by molar-refractivity contribution is 9.10. The van der Waals surface area contributed by atoms with Crippen molar-refractivity contribution in [2.75, 3.05) is 7.11 Å². The van der Waals surface area contributed by atoms with E-state index in [4.69, 9.17) is 27.9 Å². The SMILES string of the molecule is COc1cc(C2C(Cl)C(=O)N2NC(=O)Cc2ccc(Cl)cc2)cc(Br)c1O. The summed E-state index contributed by atoms with van der Waals surface area (Å²) in [6.45, 7) is 0. The Labute approximate surface area is 174 Å². The largest absolute Gasteiger partial charge is 0.503 e. The van der Waals surface area contributed by atoms with Gasteiger partial charge in [0.25, 0.3) is 5.91 Å². The Morgan fingerprint density at radius 3 is 2.63 bits per heavy atom. The molecule has 2 aromatic carbocycles. The molecule has 0 aromatic heterocycles. The molecule has 2 N–H and O–H groups in total. The van der Waals surface area contributed by atoms with Crippen LogP contribution in [0.15, 0.2) is 40.9 Å². The Kier molecular flexibility index (Phi) is 5.83. The van der Waals surface area contributed by atoms with Gasteiger partial charge >= 0.3 is 0 Å². The molecule has 0 aliphatic carbocycles. The standard InChI is InChI=1S/C18H15BrCl2N2O4/c1-27-13-8-10(7-12(19)17(13)25)16-15(21)18(26)23(16)22-14(24)6-9-2-4-11(20)5-3-9/h2-5,7-8,15-16,25H,6H2,1H3,(H,22,24). The third-order valence-electron chi connectivity index (χ3n) is 4.16. The number of nitrogens with one attached hydrogen (secondary N) is 1. The van der Waals surface area contributed by atoms with E-state index in [0.29, 0.717) is 15.1 Å². The van der Waals surface area contributed by atoms with Gasteiger partial charge in [0.1, 0.15) is 11.4 Å². The van der Waals surface area contributed by atoms with Crippen LogP contribution < -0.4 is 10.2 Å². The number of phenolic OH excluding ortho intramolecular Hbond substituents is 1. The number of methoxy groups -OCH3 is 1. The first kappa shape index (κ1) is 19.8. The first-order chi connectivity index (χ1) is 12.8. The number of β-lactam (4-membered cyclic amide) rings is 1. The molecule has 142 valence electrons. The number of amides is 2. The zero-order valence-corrected chi connectivity index (χ0v) is 17.2. The van der Waals surface area contributed by atoms with Crippen LogP contribution in [0.1, 0.15) is 17.2 Å². The first-order valence-electron chi connectivity index (χ1n) is 7.89. The van der Waals surface area contributed by atoms with Crippen LogP contribution in [0.2, 0.25) is 5.02 Å². The molecule has 0 spiro atoms. The number of carbonyl (C=O) groups is 2. The van der Waals surface area contributed by atoms with Crippen molar-refractivity contribution in [3.63, 3.8) is 0 Å². The van der Waals surface area contributed by atoms with Crippen LogP contribution in [0, 0.1) is 0 Å². The van der Waals surface area contributed by atoms with Crippen LogP contribution in [-0.4, -0.2) is 34.4 Å². The molecule has 0 saturated carbocycles. The molecule has 27 heavy (non-hydrogen) atoms. The summed E-state index contributed by atoms with van der Waals surface area (Å²) in [6.07, 6.45) is 0.0865. The lowest BCUT2D eigenvalue weighted by molar-refractivity contribution is -0.156. The number of nitrogens with zero attached hydrogens (tertiary/aromatic N) is 1. The molecule has 1 saturated heterocycles. The normalized spacial score (nSPS) is 18.8. The van der Waals surface area contributed by atoms with Crippen molar-refractivity contribution in [1.82, 2.24) is 10.4 Å². The van der Waals surface area contributed by atoms with Crippen molar-refractivity contribution < 1.29 is 19.4 Å². The molecule has 1 aliphatic rings. The second kappa shape index (κ2) is 7.96. The topological polar surface area (TPSA) is 78.9 Å². The first-order valence-corrected chi connectivity index (χ1v) is 9.50. The number of benzene rings is 2. The molecule has 0 bridgehead atoms. The summed E-state index contributed by atoms with van der Waals surface area (Å²) in [7, 11) is 1.42. The molecular weight excluding hydrogens is 459 g/mol. The van der Waals surface area contributed by atoms with Gasteiger partial charge in [-0.05, 0) is 51.3 Å². The maximum absolute atomic E-state index is 12.3. The Morgan fingerprint density at radius 1 is 1.33 bits per heavy atom. The average molecular weight is 474 g/mol. The van der Waals surface area contributed by atoms with E-state index in [1.54, 1.807) is 36.4 Å². The van der Waals surface area contributed by atoms with Crippen molar-refractivity contribution >= 4 is 50.9 Å². The predicted octanol–water partition coefficient (Wildman–Crippen LogP) is 3.58. The van der Waals surface area contributed by atoms with Crippen molar-refractivity contribution in [2.45, 2.75) is 17.8 Å². The monoisotopic (exact) mass is 472 g/mol. The number of carbonyl (C=O) groups excluding carboxylic acids is 2. The zero-order valence-electron chi connectivity index (χ0n) is 14.1. The Hall–Kier alpha value is -1.96. The number of hydrazine groups is 1. The highest BCUT2D eigenvalue weighted by Crippen LogP contribution is 2.43. The van der Waals surface area contributed by atoms with Crippen molar-refractivity contribution in [1.29, 1.82) is 0 Å². The van der Waals surface area contributed by atoms with Gasteiger partial charge in [-0.25, -0.2) is 5.01 Å². The molecule has 1 aliphatic heterocycles. The van der Waals surface area contributed by atoms with Crippen LogP contribution in [0.4, 0.5) is 0 Å². The molecule has 2 unspecified atom stereocenters. The molecule has 3 rings (SSSR count). The van der Waals surface area contributed by atoms with Gasteiger partial charge in [-0.15, -0.1) is 11.6 Å². The maximum atomic E-state index is 12.3. The molecule has 1 fully saturated rings. The summed E-state index contributed by atoms with van der Waals surface area (Å²) in [6, 6.07) is 9.48. The highest BCUT2D eigenvalue weighted by Gasteiger charge is 2.48. The summed E-state index contributed by atoms with van der Waals surface area (Å²) in [5, 5.41) is 10.9. The van der Waals surface area contributed by atoms with E-state index in [1.165, 1.54) is 12.1 Å². The van der Waals surface area contributed by atoms with E-state index < -0.39 is 17.3 Å². The zero-order chi connectivity index (χ0) is 19.7. The van der Waals surface area contributed by atoms with Gasteiger partial charge in [0.15, 0.2) is 11.5 Å². The Balaban J connectivity index is 1.77. The molecule has 0 radical (unpaired) electrons. The van der Waals surface area contributed by atoms with Gasteiger partial charge in [0, 0.05) is 5.02 Å². The van der Waals surface area contributed by atoms with Gasteiger partial charge in [0.05, 0.1) is 18.0 Å². The van der Waals surface area contributed by atoms with Gasteiger partial charge in [0.2, 0.25) is 5.91 Å².